The molecular formula is C12H17NO5. The van der Waals surface area contributed by atoms with Crippen LogP contribution in [0.2, 0.25) is 0 Å². The van der Waals surface area contributed by atoms with Gasteiger partial charge in [-0.1, -0.05) is 0 Å². The van der Waals surface area contributed by atoms with Crippen molar-refractivity contribution in [3.8, 4) is 0 Å². The fourth-order valence-electron chi connectivity index (χ4n) is 1.99. The topological polar surface area (TPSA) is 81.7 Å². The number of hydrogen-bond acceptors (Lipinski definition) is 5. The molecule has 0 spiro atoms. The van der Waals surface area contributed by atoms with Crippen LogP contribution in [-0.4, -0.2) is 32.1 Å². The molecule has 0 radical (unpaired) electrons. The number of methoxy groups -OCH3 is 2. The van der Waals surface area contributed by atoms with Crippen LogP contribution in [0, 0.1) is 5.92 Å². The van der Waals surface area contributed by atoms with Gasteiger partial charge in [0.1, 0.15) is 0 Å². The maximum absolute atomic E-state index is 11.6. The molecule has 0 heterocycles. The average Bonchev–Trinajstić information content (AvgIpc) is 2.36. The van der Waals surface area contributed by atoms with Crippen molar-refractivity contribution in [3.63, 3.8) is 0 Å². The van der Waals surface area contributed by atoms with Gasteiger partial charge in [0.25, 0.3) is 0 Å². The van der Waals surface area contributed by atoms with E-state index in [1.54, 1.807) is 0 Å². The SMILES string of the molecule is COC(=O)C1=C(NC(C)=O)CCC(C(=O)OC)C1. The highest BCUT2D eigenvalue weighted by atomic mass is 16.5. The summed E-state index contributed by atoms with van der Waals surface area (Å²) in [4.78, 5) is 34.2. The Morgan fingerprint density at radius 1 is 1.22 bits per heavy atom. The summed E-state index contributed by atoms with van der Waals surface area (Å²) in [6.45, 7) is 1.37. The van der Waals surface area contributed by atoms with E-state index in [2.05, 4.69) is 14.8 Å². The van der Waals surface area contributed by atoms with Crippen LogP contribution >= 0.6 is 0 Å². The largest absolute Gasteiger partial charge is 0.469 e. The average molecular weight is 255 g/mol. The fourth-order valence-corrected chi connectivity index (χ4v) is 1.99. The predicted octanol–water partition coefficient (Wildman–Crippen LogP) is 0.523. The van der Waals surface area contributed by atoms with Gasteiger partial charge in [-0.05, 0) is 19.3 Å². The third kappa shape index (κ3) is 3.32. The minimum atomic E-state index is -0.521. The lowest BCUT2D eigenvalue weighted by molar-refractivity contribution is -0.146. The highest BCUT2D eigenvalue weighted by Crippen LogP contribution is 2.29. The van der Waals surface area contributed by atoms with Crippen LogP contribution in [0.4, 0.5) is 0 Å². The number of hydrogen-bond donors (Lipinski definition) is 1. The van der Waals surface area contributed by atoms with Gasteiger partial charge < -0.3 is 14.8 Å². The van der Waals surface area contributed by atoms with Gasteiger partial charge in [0.15, 0.2) is 0 Å². The van der Waals surface area contributed by atoms with Gasteiger partial charge in [-0.15, -0.1) is 0 Å². The van der Waals surface area contributed by atoms with Crippen LogP contribution in [0.25, 0.3) is 0 Å². The van der Waals surface area contributed by atoms with Crippen molar-refractivity contribution in [2.24, 2.45) is 5.92 Å². The third-order valence-corrected chi connectivity index (χ3v) is 2.85. The molecule has 0 aromatic heterocycles. The van der Waals surface area contributed by atoms with Crippen molar-refractivity contribution >= 4 is 17.8 Å². The summed E-state index contributed by atoms with van der Waals surface area (Å²) in [5.41, 5.74) is 0.879. The molecule has 1 rings (SSSR count). The normalized spacial score (nSPS) is 19.2. The van der Waals surface area contributed by atoms with Crippen LogP contribution < -0.4 is 5.32 Å². The molecule has 0 aliphatic heterocycles. The molecule has 0 fully saturated rings. The second-order valence-corrected chi connectivity index (χ2v) is 4.09. The molecule has 100 valence electrons. The van der Waals surface area contributed by atoms with Gasteiger partial charge in [0, 0.05) is 12.6 Å². The zero-order chi connectivity index (χ0) is 13.7. The smallest absolute Gasteiger partial charge is 0.335 e. The lowest BCUT2D eigenvalue weighted by Gasteiger charge is -2.24. The van der Waals surface area contributed by atoms with Crippen LogP contribution in [0.3, 0.4) is 0 Å². The molecule has 0 aromatic carbocycles. The van der Waals surface area contributed by atoms with Crippen LogP contribution in [0.5, 0.6) is 0 Å². The molecule has 1 aliphatic carbocycles. The Balaban J connectivity index is 2.94. The monoisotopic (exact) mass is 255 g/mol. The maximum atomic E-state index is 11.6. The highest BCUT2D eigenvalue weighted by Gasteiger charge is 2.31. The zero-order valence-electron chi connectivity index (χ0n) is 10.7. The molecule has 1 aliphatic rings. The van der Waals surface area contributed by atoms with Crippen LogP contribution in [0.1, 0.15) is 26.2 Å². The minimum absolute atomic E-state index is 0.231. The number of rotatable bonds is 3. The Labute approximate surface area is 105 Å². The number of ether oxygens (including phenoxy) is 2. The Morgan fingerprint density at radius 2 is 1.89 bits per heavy atom. The van der Waals surface area contributed by atoms with Gasteiger partial charge >= 0.3 is 11.9 Å². The minimum Gasteiger partial charge on any atom is -0.469 e. The number of allylic oxidation sites excluding steroid dienone is 1. The second-order valence-electron chi connectivity index (χ2n) is 4.09. The van der Waals surface area contributed by atoms with Crippen molar-refractivity contribution in [3.05, 3.63) is 11.3 Å². The van der Waals surface area contributed by atoms with E-state index in [0.717, 1.165) is 0 Å². The molecule has 0 bridgehead atoms. The molecule has 0 aromatic rings. The van der Waals surface area contributed by atoms with Gasteiger partial charge in [0.05, 0.1) is 25.7 Å². The summed E-state index contributed by atoms with van der Waals surface area (Å²) in [6.07, 6.45) is 1.22. The lowest BCUT2D eigenvalue weighted by atomic mass is 9.86. The Hall–Kier alpha value is -1.85. The van der Waals surface area contributed by atoms with Crippen molar-refractivity contribution in [1.29, 1.82) is 0 Å². The summed E-state index contributed by atoms with van der Waals surface area (Å²) in [7, 11) is 2.58. The number of nitrogens with one attached hydrogen (secondary N) is 1. The quantitative estimate of drug-likeness (QED) is 0.744. The van der Waals surface area contributed by atoms with Crippen molar-refractivity contribution in [2.75, 3.05) is 14.2 Å². The van der Waals surface area contributed by atoms with Gasteiger partial charge in [-0.25, -0.2) is 4.79 Å². The molecule has 6 nitrogen and oxygen atoms in total. The first-order valence-corrected chi connectivity index (χ1v) is 5.65. The summed E-state index contributed by atoms with van der Waals surface area (Å²) in [5.74, 6) is -1.48. The summed E-state index contributed by atoms with van der Waals surface area (Å²) in [6, 6.07) is 0. The van der Waals surface area contributed by atoms with E-state index in [-0.39, 0.29) is 24.2 Å². The maximum Gasteiger partial charge on any atom is 0.335 e. The van der Waals surface area contributed by atoms with Gasteiger partial charge in [0.2, 0.25) is 5.91 Å². The molecular weight excluding hydrogens is 238 g/mol. The predicted molar refractivity (Wildman–Crippen MR) is 62.2 cm³/mol. The first kappa shape index (κ1) is 14.2. The molecule has 0 saturated heterocycles. The summed E-state index contributed by atoms with van der Waals surface area (Å²) in [5, 5.41) is 2.61. The molecule has 6 heteroatoms. The van der Waals surface area contributed by atoms with E-state index in [9.17, 15) is 14.4 Å². The molecule has 18 heavy (non-hydrogen) atoms. The molecule has 1 atom stereocenters. The van der Waals surface area contributed by atoms with E-state index < -0.39 is 5.97 Å². The Bertz CT molecular complexity index is 399. The van der Waals surface area contributed by atoms with E-state index >= 15 is 0 Å². The van der Waals surface area contributed by atoms with E-state index in [1.807, 2.05) is 0 Å². The van der Waals surface area contributed by atoms with E-state index in [1.165, 1.54) is 21.1 Å². The van der Waals surface area contributed by atoms with E-state index in [0.29, 0.717) is 24.1 Å². The standard InChI is InChI=1S/C12H17NO5/c1-7(14)13-10-5-4-8(11(15)17-2)6-9(10)12(16)18-3/h8H,4-6H2,1-3H3,(H,13,14). The van der Waals surface area contributed by atoms with Crippen LogP contribution in [-0.2, 0) is 23.9 Å². The first-order chi connectivity index (χ1) is 8.49. The van der Waals surface area contributed by atoms with Crippen LogP contribution in [0.15, 0.2) is 11.3 Å². The zero-order valence-corrected chi connectivity index (χ0v) is 10.7. The van der Waals surface area contributed by atoms with Gasteiger partial charge in [-0.3, -0.25) is 9.59 Å². The molecule has 1 amide bonds. The molecule has 1 unspecified atom stereocenters. The summed E-state index contributed by atoms with van der Waals surface area (Å²) >= 11 is 0. The van der Waals surface area contributed by atoms with Crippen molar-refractivity contribution in [1.82, 2.24) is 5.32 Å². The number of amides is 1. The van der Waals surface area contributed by atoms with E-state index in [4.69, 9.17) is 0 Å². The van der Waals surface area contributed by atoms with Gasteiger partial charge in [-0.2, -0.15) is 0 Å². The Kier molecular flexibility index (Phi) is 4.88. The Morgan fingerprint density at radius 3 is 2.39 bits per heavy atom. The highest BCUT2D eigenvalue weighted by molar-refractivity contribution is 5.91. The number of carbonyl (C=O) groups excluding carboxylic acids is 3. The van der Waals surface area contributed by atoms with Crippen molar-refractivity contribution in [2.45, 2.75) is 26.2 Å². The number of esters is 2. The third-order valence-electron chi connectivity index (χ3n) is 2.85. The fraction of sp³-hybridized carbons (Fsp3) is 0.583. The molecule has 0 saturated carbocycles. The number of carbonyl (C=O) groups is 3. The first-order valence-electron chi connectivity index (χ1n) is 5.65. The second kappa shape index (κ2) is 6.18. The lowest BCUT2D eigenvalue weighted by Crippen LogP contribution is -2.30. The molecule has 1 N–H and O–H groups in total. The van der Waals surface area contributed by atoms with Crippen molar-refractivity contribution < 1.29 is 23.9 Å². The summed E-state index contributed by atoms with van der Waals surface area (Å²) < 4.78 is 9.33.